The predicted molar refractivity (Wildman–Crippen MR) is 117 cm³/mol. The Bertz CT molecular complexity index is 918. The molecule has 0 amide bonds. The SMILES string of the molecule is COc1cc(/C=C2/CCC/C(=C\c3cc(OC)c(O)c(OC)c3)C2=O)cc(OC)c1O. The number of benzene rings is 2. The molecular weight excluding hydrogens is 400 g/mol. The number of carbonyl (C=O) groups excluding carboxylic acids is 1. The summed E-state index contributed by atoms with van der Waals surface area (Å²) in [6, 6.07) is 6.63. The molecule has 164 valence electrons. The smallest absolute Gasteiger partial charge is 0.200 e. The number of ether oxygens (including phenoxy) is 4. The van der Waals surface area contributed by atoms with E-state index < -0.39 is 0 Å². The Morgan fingerprint density at radius 3 is 1.29 bits per heavy atom. The van der Waals surface area contributed by atoms with Gasteiger partial charge in [-0.3, -0.25) is 4.79 Å². The van der Waals surface area contributed by atoms with Crippen molar-refractivity contribution in [1.29, 1.82) is 0 Å². The Labute approximate surface area is 181 Å². The van der Waals surface area contributed by atoms with Gasteiger partial charge in [0.25, 0.3) is 0 Å². The van der Waals surface area contributed by atoms with Crippen LogP contribution in [0, 0.1) is 0 Å². The van der Waals surface area contributed by atoms with E-state index in [1.54, 1.807) is 36.4 Å². The number of allylic oxidation sites excluding steroid dienone is 2. The van der Waals surface area contributed by atoms with E-state index in [2.05, 4.69) is 0 Å². The Kier molecular flexibility index (Phi) is 6.74. The fraction of sp³-hybridized carbons (Fsp3) is 0.292. The van der Waals surface area contributed by atoms with Crippen molar-refractivity contribution in [3.63, 3.8) is 0 Å². The fourth-order valence-electron chi connectivity index (χ4n) is 3.57. The lowest BCUT2D eigenvalue weighted by Crippen LogP contribution is -2.12. The highest BCUT2D eigenvalue weighted by Gasteiger charge is 2.22. The van der Waals surface area contributed by atoms with Gasteiger partial charge in [0.1, 0.15) is 0 Å². The van der Waals surface area contributed by atoms with E-state index in [-0.39, 0.29) is 40.3 Å². The molecule has 1 aliphatic carbocycles. The van der Waals surface area contributed by atoms with Crippen molar-refractivity contribution in [3.05, 3.63) is 46.5 Å². The summed E-state index contributed by atoms with van der Waals surface area (Å²) < 4.78 is 20.8. The van der Waals surface area contributed by atoms with Crippen LogP contribution >= 0.6 is 0 Å². The molecule has 0 bridgehead atoms. The van der Waals surface area contributed by atoms with Crippen LogP contribution in [-0.4, -0.2) is 44.4 Å². The van der Waals surface area contributed by atoms with Crippen LogP contribution in [-0.2, 0) is 4.79 Å². The first-order valence-electron chi connectivity index (χ1n) is 9.77. The second-order valence-corrected chi connectivity index (χ2v) is 7.07. The highest BCUT2D eigenvalue weighted by molar-refractivity contribution is 6.14. The van der Waals surface area contributed by atoms with Crippen molar-refractivity contribution in [3.8, 4) is 34.5 Å². The van der Waals surface area contributed by atoms with Gasteiger partial charge in [0.05, 0.1) is 28.4 Å². The lowest BCUT2D eigenvalue weighted by atomic mass is 9.86. The minimum atomic E-state index is -0.0852. The molecule has 2 aromatic carbocycles. The van der Waals surface area contributed by atoms with Gasteiger partial charge in [-0.25, -0.2) is 0 Å². The minimum Gasteiger partial charge on any atom is -0.502 e. The Morgan fingerprint density at radius 1 is 0.677 bits per heavy atom. The second-order valence-electron chi connectivity index (χ2n) is 7.07. The number of hydrogen-bond acceptors (Lipinski definition) is 7. The first kappa shape index (κ1) is 22.1. The van der Waals surface area contributed by atoms with E-state index in [4.69, 9.17) is 18.9 Å². The van der Waals surface area contributed by atoms with Crippen molar-refractivity contribution < 1.29 is 34.0 Å². The summed E-state index contributed by atoms with van der Waals surface area (Å²) in [5, 5.41) is 20.2. The van der Waals surface area contributed by atoms with E-state index in [0.29, 0.717) is 35.1 Å². The number of phenols is 2. The lowest BCUT2D eigenvalue weighted by Gasteiger charge is -2.17. The molecule has 0 unspecified atom stereocenters. The minimum absolute atomic E-state index is 0.0525. The number of aromatic hydroxyl groups is 2. The van der Waals surface area contributed by atoms with E-state index in [0.717, 1.165) is 6.42 Å². The third-order valence-electron chi connectivity index (χ3n) is 5.16. The second kappa shape index (κ2) is 9.47. The van der Waals surface area contributed by atoms with Gasteiger partial charge in [-0.1, -0.05) is 0 Å². The van der Waals surface area contributed by atoms with Crippen LogP contribution in [0.5, 0.6) is 34.5 Å². The number of rotatable bonds is 6. The van der Waals surface area contributed by atoms with E-state index in [1.807, 2.05) is 0 Å². The molecule has 0 heterocycles. The third-order valence-corrected chi connectivity index (χ3v) is 5.16. The molecule has 31 heavy (non-hydrogen) atoms. The molecule has 1 aliphatic rings. The molecule has 2 aromatic rings. The zero-order chi connectivity index (χ0) is 22.5. The maximum atomic E-state index is 13.1. The number of hydrogen-bond donors (Lipinski definition) is 2. The van der Waals surface area contributed by atoms with Crippen molar-refractivity contribution in [2.24, 2.45) is 0 Å². The number of Topliss-reactive ketones (excluding diaryl/α,β-unsaturated/α-hetero) is 1. The van der Waals surface area contributed by atoms with Gasteiger partial charge < -0.3 is 29.2 Å². The monoisotopic (exact) mass is 426 g/mol. The van der Waals surface area contributed by atoms with Crippen molar-refractivity contribution in [1.82, 2.24) is 0 Å². The van der Waals surface area contributed by atoms with Gasteiger partial charge in [-0.05, 0) is 66.8 Å². The average molecular weight is 426 g/mol. The molecule has 1 fully saturated rings. The summed E-state index contributed by atoms with van der Waals surface area (Å²) in [6.45, 7) is 0. The molecule has 3 rings (SSSR count). The first-order valence-corrected chi connectivity index (χ1v) is 9.77. The predicted octanol–water partition coefficient (Wildman–Crippen LogP) is 4.35. The van der Waals surface area contributed by atoms with E-state index in [1.165, 1.54) is 28.4 Å². The molecule has 0 radical (unpaired) electrons. The molecule has 0 aromatic heterocycles. The first-order chi connectivity index (χ1) is 14.9. The zero-order valence-corrected chi connectivity index (χ0v) is 18.0. The van der Waals surface area contributed by atoms with Gasteiger partial charge in [0.2, 0.25) is 11.5 Å². The van der Waals surface area contributed by atoms with Crippen LogP contribution in [0.1, 0.15) is 30.4 Å². The summed E-state index contributed by atoms with van der Waals surface area (Å²) in [6.07, 6.45) is 5.69. The van der Waals surface area contributed by atoms with Gasteiger partial charge in [0.15, 0.2) is 28.8 Å². The molecule has 7 heteroatoms. The average Bonchev–Trinajstić information content (AvgIpc) is 2.78. The molecule has 0 spiro atoms. The van der Waals surface area contributed by atoms with E-state index >= 15 is 0 Å². The van der Waals surface area contributed by atoms with Gasteiger partial charge in [-0.15, -0.1) is 0 Å². The van der Waals surface area contributed by atoms with Gasteiger partial charge >= 0.3 is 0 Å². The maximum absolute atomic E-state index is 13.1. The molecule has 2 N–H and O–H groups in total. The molecular formula is C24H26O7. The molecule has 1 saturated carbocycles. The lowest BCUT2D eigenvalue weighted by molar-refractivity contribution is -0.112. The van der Waals surface area contributed by atoms with Crippen molar-refractivity contribution in [2.45, 2.75) is 19.3 Å². The van der Waals surface area contributed by atoms with Crippen molar-refractivity contribution in [2.75, 3.05) is 28.4 Å². The number of ketones is 1. The van der Waals surface area contributed by atoms with E-state index in [9.17, 15) is 15.0 Å². The highest BCUT2D eigenvalue weighted by atomic mass is 16.5. The standard InChI is InChI=1S/C24H26O7/c1-28-18-10-14(11-19(29-2)23(18)26)8-16-6-5-7-17(22(16)25)9-15-12-20(30-3)24(27)21(13-15)31-4/h8-13,26-27H,5-7H2,1-4H3/b16-8-,17-9+. The maximum Gasteiger partial charge on any atom is 0.200 e. The summed E-state index contributed by atoms with van der Waals surface area (Å²) in [7, 11) is 5.83. The number of phenolic OH excluding ortho intramolecular Hbond substituents is 2. The van der Waals surface area contributed by atoms with Crippen LogP contribution in [0.4, 0.5) is 0 Å². The van der Waals surface area contributed by atoms with Crippen LogP contribution in [0.3, 0.4) is 0 Å². The topological polar surface area (TPSA) is 94.5 Å². The summed E-state index contributed by atoms with van der Waals surface area (Å²) in [4.78, 5) is 13.1. The van der Waals surface area contributed by atoms with Crippen LogP contribution in [0.15, 0.2) is 35.4 Å². The summed E-state index contributed by atoms with van der Waals surface area (Å²) >= 11 is 0. The quantitative estimate of drug-likeness (QED) is 0.663. The molecule has 0 aliphatic heterocycles. The van der Waals surface area contributed by atoms with Crippen molar-refractivity contribution >= 4 is 17.9 Å². The molecule has 7 nitrogen and oxygen atoms in total. The molecule has 0 atom stereocenters. The Morgan fingerprint density at radius 2 is 1.00 bits per heavy atom. The normalized spacial score (nSPS) is 16.5. The third kappa shape index (κ3) is 4.60. The summed E-state index contributed by atoms with van der Waals surface area (Å²) in [5.74, 6) is 0.864. The number of carbonyl (C=O) groups is 1. The largest absolute Gasteiger partial charge is 0.502 e. The summed E-state index contributed by atoms with van der Waals surface area (Å²) in [5.41, 5.74) is 2.71. The van der Waals surface area contributed by atoms with Gasteiger partial charge in [-0.2, -0.15) is 0 Å². The Hall–Kier alpha value is -3.61. The zero-order valence-electron chi connectivity index (χ0n) is 18.0. The van der Waals surface area contributed by atoms with Crippen LogP contribution in [0.2, 0.25) is 0 Å². The number of methoxy groups -OCH3 is 4. The Balaban J connectivity index is 1.97. The highest BCUT2D eigenvalue weighted by Crippen LogP contribution is 2.40. The van der Waals surface area contributed by atoms with Crippen LogP contribution in [0.25, 0.3) is 12.2 Å². The van der Waals surface area contributed by atoms with Gasteiger partial charge in [0, 0.05) is 11.1 Å². The fourth-order valence-corrected chi connectivity index (χ4v) is 3.57. The molecule has 0 saturated heterocycles. The van der Waals surface area contributed by atoms with Crippen LogP contribution < -0.4 is 18.9 Å².